The maximum absolute atomic E-state index is 12.7. The van der Waals surface area contributed by atoms with Crippen LogP contribution in [0, 0.1) is 5.82 Å². The molecule has 0 amide bonds. The number of thiophene rings is 1. The maximum Gasteiger partial charge on any atom is 0.203 e. The summed E-state index contributed by atoms with van der Waals surface area (Å²) in [5.74, 6) is 0.198. The van der Waals surface area contributed by atoms with E-state index in [-0.39, 0.29) is 11.6 Å². The van der Waals surface area contributed by atoms with Crippen LogP contribution in [0.4, 0.5) is 4.39 Å². The first-order chi connectivity index (χ1) is 7.70. The number of hydrogen-bond acceptors (Lipinski definition) is 3. The Morgan fingerprint density at radius 2 is 2.00 bits per heavy atom. The minimum absolute atomic E-state index is 0.117. The van der Waals surface area contributed by atoms with E-state index in [0.717, 1.165) is 0 Å². The Labute approximate surface area is 96.3 Å². The van der Waals surface area contributed by atoms with E-state index in [0.29, 0.717) is 16.2 Å². The van der Waals surface area contributed by atoms with Gasteiger partial charge in [-0.1, -0.05) is 0 Å². The molecule has 2 rings (SSSR count). The number of carbonyl (C=O) groups excluding carboxylic acids is 1. The number of ketones is 1. The average Bonchev–Trinajstić information content (AvgIpc) is 2.77. The van der Waals surface area contributed by atoms with Gasteiger partial charge in [-0.25, -0.2) is 4.39 Å². The molecule has 1 heterocycles. The summed E-state index contributed by atoms with van der Waals surface area (Å²) in [4.78, 5) is 12.5. The Bertz CT molecular complexity index is 502. The first-order valence-electron chi connectivity index (χ1n) is 4.63. The van der Waals surface area contributed by atoms with E-state index in [1.165, 1.54) is 35.6 Å². The normalized spacial score (nSPS) is 10.1. The molecule has 0 atom stereocenters. The van der Waals surface area contributed by atoms with Crippen LogP contribution in [0.1, 0.15) is 15.2 Å². The molecule has 0 fully saturated rings. The molecule has 16 heavy (non-hydrogen) atoms. The predicted octanol–water partition coefficient (Wildman–Crippen LogP) is 3.13. The van der Waals surface area contributed by atoms with E-state index < -0.39 is 0 Å². The summed E-state index contributed by atoms with van der Waals surface area (Å²) in [6.45, 7) is 0. The fraction of sp³-hybridized carbons (Fsp3) is 0.0833. The molecule has 0 N–H and O–H groups in total. The Morgan fingerprint density at radius 3 is 2.56 bits per heavy atom. The molecule has 0 aliphatic rings. The van der Waals surface area contributed by atoms with Crippen LogP contribution in [0.2, 0.25) is 0 Å². The summed E-state index contributed by atoms with van der Waals surface area (Å²) in [5, 5.41) is 1.76. The predicted molar refractivity (Wildman–Crippen MR) is 60.7 cm³/mol. The Balaban J connectivity index is 2.28. The van der Waals surface area contributed by atoms with Crippen molar-refractivity contribution in [2.75, 3.05) is 7.11 Å². The van der Waals surface area contributed by atoms with E-state index >= 15 is 0 Å². The third kappa shape index (κ3) is 2.12. The summed E-state index contributed by atoms with van der Waals surface area (Å²) >= 11 is 1.31. The summed E-state index contributed by atoms with van der Waals surface area (Å²) < 4.78 is 17.7. The number of methoxy groups -OCH3 is 1. The third-order valence-corrected chi connectivity index (χ3v) is 3.05. The lowest BCUT2D eigenvalue weighted by Gasteiger charge is -1.97. The number of hydrogen-bond donors (Lipinski definition) is 0. The second-order valence-corrected chi connectivity index (χ2v) is 4.10. The first-order valence-corrected chi connectivity index (χ1v) is 5.51. The largest absolute Gasteiger partial charge is 0.496 e. The van der Waals surface area contributed by atoms with Crippen LogP contribution in [0.3, 0.4) is 0 Å². The maximum atomic E-state index is 12.7. The molecule has 4 heteroatoms. The lowest BCUT2D eigenvalue weighted by Crippen LogP contribution is -1.98. The number of benzene rings is 1. The van der Waals surface area contributed by atoms with Gasteiger partial charge in [-0.3, -0.25) is 4.79 Å². The molecule has 0 bridgehead atoms. The van der Waals surface area contributed by atoms with Crippen molar-refractivity contribution in [2.45, 2.75) is 0 Å². The van der Waals surface area contributed by atoms with Crippen molar-refractivity contribution in [3.05, 3.63) is 52.0 Å². The van der Waals surface area contributed by atoms with Crippen LogP contribution in [0.25, 0.3) is 0 Å². The van der Waals surface area contributed by atoms with Crippen molar-refractivity contribution >= 4 is 17.1 Å². The summed E-state index contributed by atoms with van der Waals surface area (Å²) in [5.41, 5.74) is 0.478. The highest BCUT2D eigenvalue weighted by Crippen LogP contribution is 2.23. The zero-order valence-corrected chi connectivity index (χ0v) is 9.38. The highest BCUT2D eigenvalue weighted by molar-refractivity contribution is 7.12. The van der Waals surface area contributed by atoms with E-state index in [9.17, 15) is 9.18 Å². The van der Waals surface area contributed by atoms with Crippen molar-refractivity contribution in [1.82, 2.24) is 0 Å². The first kappa shape index (κ1) is 10.8. The molecule has 82 valence electrons. The van der Waals surface area contributed by atoms with Crippen molar-refractivity contribution < 1.29 is 13.9 Å². The highest BCUT2D eigenvalue weighted by Gasteiger charge is 2.11. The van der Waals surface area contributed by atoms with Gasteiger partial charge in [-0.2, -0.15) is 0 Å². The van der Waals surface area contributed by atoms with E-state index in [2.05, 4.69) is 0 Å². The van der Waals surface area contributed by atoms with Gasteiger partial charge in [-0.05, 0) is 24.3 Å². The molecule has 0 radical (unpaired) electrons. The topological polar surface area (TPSA) is 26.3 Å². The molecule has 0 saturated carbocycles. The second kappa shape index (κ2) is 4.45. The van der Waals surface area contributed by atoms with E-state index in [4.69, 9.17) is 4.74 Å². The fourth-order valence-electron chi connectivity index (χ4n) is 1.29. The van der Waals surface area contributed by atoms with Gasteiger partial charge in [-0.15, -0.1) is 11.3 Å². The fourth-order valence-corrected chi connectivity index (χ4v) is 2.10. The molecular weight excluding hydrogens is 227 g/mol. The molecule has 0 unspecified atom stereocenters. The van der Waals surface area contributed by atoms with Crippen LogP contribution in [0.15, 0.2) is 35.7 Å². The Morgan fingerprint density at radius 1 is 1.31 bits per heavy atom. The SMILES string of the molecule is COc1csc(C(=O)c2ccc(F)cc2)c1. The quantitative estimate of drug-likeness (QED) is 0.765. The summed E-state index contributed by atoms with van der Waals surface area (Å²) in [6.07, 6.45) is 0. The molecule has 2 nitrogen and oxygen atoms in total. The summed E-state index contributed by atoms with van der Waals surface area (Å²) in [6, 6.07) is 7.18. The van der Waals surface area contributed by atoms with Crippen molar-refractivity contribution in [3.63, 3.8) is 0 Å². The minimum atomic E-state index is -0.347. The van der Waals surface area contributed by atoms with Gasteiger partial charge in [0.05, 0.1) is 12.0 Å². The van der Waals surface area contributed by atoms with Gasteiger partial charge in [0, 0.05) is 17.0 Å². The van der Waals surface area contributed by atoms with Gasteiger partial charge in [0.2, 0.25) is 5.78 Å². The Kier molecular flexibility index (Phi) is 3.01. The molecule has 0 spiro atoms. The van der Waals surface area contributed by atoms with E-state index in [1.54, 1.807) is 18.6 Å². The molecule has 0 saturated heterocycles. The zero-order valence-electron chi connectivity index (χ0n) is 8.57. The number of rotatable bonds is 3. The number of carbonyl (C=O) groups is 1. The second-order valence-electron chi connectivity index (χ2n) is 3.19. The van der Waals surface area contributed by atoms with Gasteiger partial charge in [0.1, 0.15) is 11.6 Å². The van der Waals surface area contributed by atoms with Crippen LogP contribution >= 0.6 is 11.3 Å². The van der Waals surface area contributed by atoms with Crippen molar-refractivity contribution in [2.24, 2.45) is 0 Å². The van der Waals surface area contributed by atoms with Gasteiger partial charge >= 0.3 is 0 Å². The minimum Gasteiger partial charge on any atom is -0.496 e. The van der Waals surface area contributed by atoms with Crippen molar-refractivity contribution in [1.29, 1.82) is 0 Å². The number of halogens is 1. The van der Waals surface area contributed by atoms with Crippen LogP contribution in [-0.4, -0.2) is 12.9 Å². The molecule has 1 aromatic heterocycles. The van der Waals surface area contributed by atoms with Gasteiger partial charge in [0.25, 0.3) is 0 Å². The van der Waals surface area contributed by atoms with E-state index in [1.807, 2.05) is 0 Å². The zero-order chi connectivity index (χ0) is 11.5. The third-order valence-electron chi connectivity index (χ3n) is 2.14. The van der Waals surface area contributed by atoms with Crippen LogP contribution in [-0.2, 0) is 0 Å². The highest BCUT2D eigenvalue weighted by atomic mass is 32.1. The lowest BCUT2D eigenvalue weighted by atomic mass is 10.1. The Hall–Kier alpha value is -1.68. The summed E-state index contributed by atoms with van der Waals surface area (Å²) in [7, 11) is 1.55. The smallest absolute Gasteiger partial charge is 0.203 e. The van der Waals surface area contributed by atoms with Gasteiger partial charge in [0.15, 0.2) is 0 Å². The average molecular weight is 236 g/mol. The molecule has 0 aliphatic carbocycles. The molecule has 2 aromatic rings. The molecule has 0 aliphatic heterocycles. The number of ether oxygens (including phenoxy) is 1. The van der Waals surface area contributed by atoms with Crippen molar-refractivity contribution in [3.8, 4) is 5.75 Å². The monoisotopic (exact) mass is 236 g/mol. The molecule has 1 aromatic carbocycles. The van der Waals surface area contributed by atoms with Crippen LogP contribution in [0.5, 0.6) is 5.75 Å². The standard InChI is InChI=1S/C12H9FO2S/c1-15-10-6-11(16-7-10)12(14)8-2-4-9(13)5-3-8/h2-7H,1H3. The van der Waals surface area contributed by atoms with Gasteiger partial charge < -0.3 is 4.74 Å². The lowest BCUT2D eigenvalue weighted by molar-refractivity contribution is 0.104. The van der Waals surface area contributed by atoms with Crippen LogP contribution < -0.4 is 4.74 Å². The molecular formula is C12H9FO2S.